The molecule has 1 saturated heterocycles. The number of benzene rings is 2. The molecule has 1 aromatic heterocycles. The SMILES string of the molecule is CC(C)CC(=O)OC1[C@@H](CO[Si](c2ccccc2)(c2ccccc2)C(C)(C)C)O[C@@H](n2ccc(N=CN(C)C)nc2=O)C1(C)O. The number of hydrogen-bond acceptors (Lipinski definition) is 8. The Morgan fingerprint density at radius 1 is 1.11 bits per heavy atom. The molecule has 10 nitrogen and oxygen atoms in total. The largest absolute Gasteiger partial charge is 0.456 e. The lowest BCUT2D eigenvalue weighted by Gasteiger charge is -2.43. The molecule has 2 unspecified atom stereocenters. The minimum atomic E-state index is -3.00. The van der Waals surface area contributed by atoms with Gasteiger partial charge in [-0.25, -0.2) is 9.79 Å². The van der Waals surface area contributed by atoms with E-state index >= 15 is 0 Å². The van der Waals surface area contributed by atoms with Crippen molar-refractivity contribution in [2.24, 2.45) is 10.9 Å². The first-order valence-corrected chi connectivity index (χ1v) is 17.2. The predicted octanol–water partition coefficient (Wildman–Crippen LogP) is 3.65. The number of carbonyl (C=O) groups is 1. The third-order valence-corrected chi connectivity index (χ3v) is 12.9. The first-order valence-electron chi connectivity index (χ1n) is 15.3. The summed E-state index contributed by atoms with van der Waals surface area (Å²) in [6.07, 6.45) is -0.0219. The van der Waals surface area contributed by atoms with Gasteiger partial charge >= 0.3 is 11.7 Å². The van der Waals surface area contributed by atoms with E-state index in [1.165, 1.54) is 24.0 Å². The van der Waals surface area contributed by atoms with Gasteiger partial charge in [0.2, 0.25) is 0 Å². The first-order chi connectivity index (χ1) is 21.2. The maximum absolute atomic E-state index is 13.2. The highest BCUT2D eigenvalue weighted by atomic mass is 28.4. The van der Waals surface area contributed by atoms with E-state index in [2.05, 4.69) is 55.0 Å². The Labute approximate surface area is 266 Å². The van der Waals surface area contributed by atoms with E-state index in [1.54, 1.807) is 11.0 Å². The summed E-state index contributed by atoms with van der Waals surface area (Å²) in [4.78, 5) is 36.2. The second-order valence-corrected chi connectivity index (χ2v) is 17.7. The van der Waals surface area contributed by atoms with E-state index in [-0.39, 0.29) is 29.8 Å². The van der Waals surface area contributed by atoms with Crippen LogP contribution in [0.5, 0.6) is 0 Å². The smallest absolute Gasteiger partial charge is 0.351 e. The monoisotopic (exact) mass is 634 g/mol. The molecular formula is C34H46N4O6Si. The molecule has 1 fully saturated rings. The second-order valence-electron chi connectivity index (χ2n) is 13.4. The summed E-state index contributed by atoms with van der Waals surface area (Å²) in [6, 6.07) is 21.9. The predicted molar refractivity (Wildman–Crippen MR) is 178 cm³/mol. The summed E-state index contributed by atoms with van der Waals surface area (Å²) < 4.78 is 20.7. The molecule has 1 aliphatic rings. The fraction of sp³-hybridized carbons (Fsp3) is 0.471. The van der Waals surface area contributed by atoms with Gasteiger partial charge in [0.25, 0.3) is 8.32 Å². The maximum Gasteiger partial charge on any atom is 0.351 e. The summed E-state index contributed by atoms with van der Waals surface area (Å²) in [5.74, 6) is -0.197. The van der Waals surface area contributed by atoms with Crippen LogP contribution in [0.25, 0.3) is 0 Å². The maximum atomic E-state index is 13.2. The van der Waals surface area contributed by atoms with Gasteiger partial charge < -0.3 is 23.9 Å². The topological polar surface area (TPSA) is 115 Å². The van der Waals surface area contributed by atoms with Crippen LogP contribution >= 0.6 is 0 Å². The molecule has 3 aromatic rings. The summed E-state index contributed by atoms with van der Waals surface area (Å²) in [5.41, 5.74) is -2.44. The summed E-state index contributed by atoms with van der Waals surface area (Å²) in [7, 11) is 0.619. The standard InChI is InChI=1S/C34H46N4O6Si/c1-24(2)21-29(39)44-30-27(43-31(34(30,6)41)38-20-19-28(36-32(38)40)35-23-37(7)8)22-42-45(33(3,4)5,25-15-11-9-12-16-25)26-17-13-10-14-18-26/h9-20,23-24,27,30-31,41H,21-22H2,1-8H3/t27-,30?,31-,34?/m1/s1. The highest BCUT2D eigenvalue weighted by Gasteiger charge is 2.58. The third-order valence-electron chi connectivity index (χ3n) is 7.92. The second kappa shape index (κ2) is 13.8. The molecule has 0 bridgehead atoms. The molecule has 1 aliphatic heterocycles. The number of rotatable bonds is 11. The number of nitrogens with zero attached hydrogens (tertiary/aromatic N) is 4. The molecule has 0 amide bonds. The summed E-state index contributed by atoms with van der Waals surface area (Å²) in [6.45, 7) is 11.9. The van der Waals surface area contributed by atoms with Crippen molar-refractivity contribution >= 4 is 36.8 Å². The zero-order valence-electron chi connectivity index (χ0n) is 27.5. The highest BCUT2D eigenvalue weighted by molar-refractivity contribution is 6.99. The minimum Gasteiger partial charge on any atom is -0.456 e. The fourth-order valence-electron chi connectivity index (χ4n) is 5.88. The van der Waals surface area contributed by atoms with Gasteiger partial charge in [0, 0.05) is 26.7 Å². The van der Waals surface area contributed by atoms with Crippen molar-refractivity contribution in [3.63, 3.8) is 0 Å². The number of aliphatic imine (C=N–C) groups is 1. The van der Waals surface area contributed by atoms with Crippen molar-refractivity contribution in [1.82, 2.24) is 14.5 Å². The Hall–Kier alpha value is -3.64. The van der Waals surface area contributed by atoms with E-state index in [0.717, 1.165) is 10.4 Å². The van der Waals surface area contributed by atoms with Crippen LogP contribution in [0.2, 0.25) is 5.04 Å². The summed E-state index contributed by atoms with van der Waals surface area (Å²) in [5, 5.41) is 13.8. The van der Waals surface area contributed by atoms with Crippen molar-refractivity contribution in [3.05, 3.63) is 83.4 Å². The number of aromatic nitrogens is 2. The number of hydrogen-bond donors (Lipinski definition) is 1. The van der Waals surface area contributed by atoms with Crippen molar-refractivity contribution in [3.8, 4) is 0 Å². The number of aliphatic hydroxyl groups is 1. The van der Waals surface area contributed by atoms with E-state index < -0.39 is 44.0 Å². The van der Waals surface area contributed by atoms with Crippen LogP contribution < -0.4 is 16.1 Å². The van der Waals surface area contributed by atoms with Crippen LogP contribution in [0.3, 0.4) is 0 Å². The lowest BCUT2D eigenvalue weighted by atomic mass is 9.96. The molecule has 0 radical (unpaired) electrons. The Morgan fingerprint density at radius 2 is 1.69 bits per heavy atom. The molecule has 45 heavy (non-hydrogen) atoms. The molecule has 2 aromatic carbocycles. The van der Waals surface area contributed by atoms with E-state index in [1.807, 2.05) is 64.3 Å². The lowest BCUT2D eigenvalue weighted by molar-refractivity contribution is -0.164. The van der Waals surface area contributed by atoms with Crippen LogP contribution in [0.1, 0.15) is 54.2 Å². The van der Waals surface area contributed by atoms with Crippen molar-refractivity contribution in [2.75, 3.05) is 20.7 Å². The van der Waals surface area contributed by atoms with Gasteiger partial charge in [-0.1, -0.05) is 95.3 Å². The van der Waals surface area contributed by atoms with Gasteiger partial charge in [0.1, 0.15) is 11.7 Å². The van der Waals surface area contributed by atoms with Crippen LogP contribution in [-0.2, 0) is 18.7 Å². The quantitative estimate of drug-likeness (QED) is 0.147. The Bertz CT molecular complexity index is 1480. The van der Waals surface area contributed by atoms with Crippen LogP contribution in [0.4, 0.5) is 5.82 Å². The van der Waals surface area contributed by atoms with Gasteiger partial charge in [-0.2, -0.15) is 4.98 Å². The Balaban J connectivity index is 1.76. The Morgan fingerprint density at radius 3 is 2.18 bits per heavy atom. The van der Waals surface area contributed by atoms with Crippen LogP contribution in [0.15, 0.2) is 82.7 Å². The molecule has 0 saturated carbocycles. The molecule has 242 valence electrons. The van der Waals surface area contributed by atoms with Gasteiger partial charge in [-0.05, 0) is 34.3 Å². The third kappa shape index (κ3) is 7.44. The normalized spacial score (nSPS) is 22.2. The molecule has 0 spiro atoms. The molecule has 1 N–H and O–H groups in total. The van der Waals surface area contributed by atoms with Crippen molar-refractivity contribution in [1.29, 1.82) is 0 Å². The van der Waals surface area contributed by atoms with Crippen LogP contribution in [0, 0.1) is 5.92 Å². The summed E-state index contributed by atoms with van der Waals surface area (Å²) >= 11 is 0. The zero-order valence-corrected chi connectivity index (χ0v) is 28.5. The number of carbonyl (C=O) groups excluding carboxylic acids is 1. The van der Waals surface area contributed by atoms with E-state index in [0.29, 0.717) is 0 Å². The van der Waals surface area contributed by atoms with E-state index in [9.17, 15) is 14.7 Å². The van der Waals surface area contributed by atoms with Gasteiger partial charge in [0.05, 0.1) is 12.9 Å². The molecule has 0 aliphatic carbocycles. The zero-order chi connectivity index (χ0) is 33.0. The first kappa shape index (κ1) is 34.2. The number of ether oxygens (including phenoxy) is 2. The molecule has 4 rings (SSSR count). The van der Waals surface area contributed by atoms with Crippen molar-refractivity contribution < 1.29 is 23.8 Å². The molecule has 2 heterocycles. The highest BCUT2D eigenvalue weighted by Crippen LogP contribution is 2.42. The van der Waals surface area contributed by atoms with Gasteiger partial charge in [0.15, 0.2) is 18.1 Å². The molecule has 11 heteroatoms. The van der Waals surface area contributed by atoms with Crippen molar-refractivity contribution in [2.45, 2.75) is 77.0 Å². The average Bonchev–Trinajstić information content (AvgIpc) is 3.21. The minimum absolute atomic E-state index is 0.00689. The molecular weight excluding hydrogens is 588 g/mol. The molecule has 4 atom stereocenters. The average molecular weight is 635 g/mol. The van der Waals surface area contributed by atoms with E-state index in [4.69, 9.17) is 13.9 Å². The van der Waals surface area contributed by atoms with Crippen LogP contribution in [-0.4, -0.2) is 78.7 Å². The number of esters is 1. The fourth-order valence-corrected chi connectivity index (χ4v) is 10.5. The van der Waals surface area contributed by atoms with Gasteiger partial charge in [-0.15, -0.1) is 0 Å². The Kier molecular flexibility index (Phi) is 10.5. The van der Waals surface area contributed by atoms with Gasteiger partial charge in [-0.3, -0.25) is 9.36 Å². The lowest BCUT2D eigenvalue weighted by Crippen LogP contribution is -2.67.